The van der Waals surface area contributed by atoms with Crippen molar-refractivity contribution in [1.82, 2.24) is 4.98 Å². The van der Waals surface area contributed by atoms with Crippen molar-refractivity contribution >= 4 is 68.1 Å². The molecule has 23 heavy (non-hydrogen) atoms. The summed E-state index contributed by atoms with van der Waals surface area (Å²) in [5, 5.41) is 3.27. The number of hydrogen-bond acceptors (Lipinski definition) is 4. The molecular weight excluding hydrogens is 371 g/mol. The van der Waals surface area contributed by atoms with Crippen LogP contribution in [0.15, 0.2) is 46.8 Å². The van der Waals surface area contributed by atoms with Gasteiger partial charge in [-0.3, -0.25) is 4.79 Å². The van der Waals surface area contributed by atoms with E-state index in [9.17, 15) is 4.79 Å². The maximum atomic E-state index is 12.3. The van der Waals surface area contributed by atoms with Crippen LogP contribution in [0.5, 0.6) is 0 Å². The Bertz CT molecular complexity index is 833. The molecule has 0 saturated heterocycles. The van der Waals surface area contributed by atoms with Crippen LogP contribution in [0.3, 0.4) is 0 Å². The van der Waals surface area contributed by atoms with Gasteiger partial charge in [-0.1, -0.05) is 53.2 Å². The molecule has 0 aliphatic heterocycles. The molecule has 1 unspecified atom stereocenters. The van der Waals surface area contributed by atoms with Gasteiger partial charge < -0.3 is 5.32 Å². The molecule has 3 nitrogen and oxygen atoms in total. The number of fused-ring (bicyclic) bond motifs is 1. The Morgan fingerprint density at radius 3 is 2.78 bits per heavy atom. The van der Waals surface area contributed by atoms with Crippen molar-refractivity contribution in [2.75, 3.05) is 5.32 Å². The highest BCUT2D eigenvalue weighted by Crippen LogP contribution is 2.33. The SMILES string of the molecule is CC(Sc1nc2ccccc2s1)C(=O)Nc1cccc(Cl)c1Cl. The summed E-state index contributed by atoms with van der Waals surface area (Å²) in [5.41, 5.74) is 1.46. The molecule has 0 aliphatic carbocycles. The zero-order valence-corrected chi connectivity index (χ0v) is 15.2. The van der Waals surface area contributed by atoms with E-state index >= 15 is 0 Å². The van der Waals surface area contributed by atoms with Crippen molar-refractivity contribution in [3.63, 3.8) is 0 Å². The Hall–Kier alpha value is -1.27. The predicted octanol–water partition coefficient (Wildman–Crippen LogP) is 5.72. The summed E-state index contributed by atoms with van der Waals surface area (Å²) < 4.78 is 1.98. The molecule has 7 heteroatoms. The lowest BCUT2D eigenvalue weighted by Crippen LogP contribution is -2.22. The minimum Gasteiger partial charge on any atom is -0.324 e. The van der Waals surface area contributed by atoms with Gasteiger partial charge in [0, 0.05) is 0 Å². The monoisotopic (exact) mass is 382 g/mol. The van der Waals surface area contributed by atoms with Crippen molar-refractivity contribution in [1.29, 1.82) is 0 Å². The topological polar surface area (TPSA) is 42.0 Å². The number of carbonyl (C=O) groups excluding carboxylic acids is 1. The zero-order valence-electron chi connectivity index (χ0n) is 12.0. The lowest BCUT2D eigenvalue weighted by molar-refractivity contribution is -0.115. The number of halogens is 2. The number of nitrogens with one attached hydrogen (secondary N) is 1. The van der Waals surface area contributed by atoms with Crippen LogP contribution in [0.4, 0.5) is 5.69 Å². The fraction of sp³-hybridized carbons (Fsp3) is 0.125. The number of amides is 1. The second-order valence-electron chi connectivity index (χ2n) is 4.80. The molecule has 1 amide bonds. The van der Waals surface area contributed by atoms with Crippen LogP contribution >= 0.6 is 46.3 Å². The van der Waals surface area contributed by atoms with Crippen LogP contribution in [0, 0.1) is 0 Å². The van der Waals surface area contributed by atoms with Crippen molar-refractivity contribution in [2.45, 2.75) is 16.5 Å². The Morgan fingerprint density at radius 2 is 2.00 bits per heavy atom. The van der Waals surface area contributed by atoms with Crippen LogP contribution < -0.4 is 5.32 Å². The van der Waals surface area contributed by atoms with Crippen LogP contribution in [0.1, 0.15) is 6.92 Å². The van der Waals surface area contributed by atoms with Crippen molar-refractivity contribution < 1.29 is 4.79 Å². The molecule has 0 fully saturated rings. The van der Waals surface area contributed by atoms with Gasteiger partial charge in [-0.25, -0.2) is 4.98 Å². The normalized spacial score (nSPS) is 12.3. The summed E-state index contributed by atoms with van der Waals surface area (Å²) in [6, 6.07) is 13.1. The van der Waals surface area contributed by atoms with Crippen molar-refractivity contribution in [2.24, 2.45) is 0 Å². The van der Waals surface area contributed by atoms with Gasteiger partial charge in [-0.05, 0) is 31.2 Å². The Morgan fingerprint density at radius 1 is 1.22 bits per heavy atom. The zero-order chi connectivity index (χ0) is 16.4. The molecular formula is C16H12Cl2N2OS2. The highest BCUT2D eigenvalue weighted by atomic mass is 35.5. The summed E-state index contributed by atoms with van der Waals surface area (Å²) in [6.07, 6.45) is 0. The smallest absolute Gasteiger partial charge is 0.237 e. The van der Waals surface area contributed by atoms with E-state index in [1.165, 1.54) is 11.8 Å². The standard InChI is InChI=1S/C16H12Cl2N2OS2/c1-9(15(21)19-12-7-4-5-10(17)14(12)18)22-16-20-11-6-2-3-8-13(11)23-16/h2-9H,1H3,(H,19,21). The van der Waals surface area contributed by atoms with Crippen LogP contribution in [0.2, 0.25) is 10.0 Å². The van der Waals surface area contributed by atoms with Gasteiger partial charge in [-0.2, -0.15) is 0 Å². The van der Waals surface area contributed by atoms with Gasteiger partial charge >= 0.3 is 0 Å². The number of benzene rings is 2. The van der Waals surface area contributed by atoms with E-state index in [4.69, 9.17) is 23.2 Å². The fourth-order valence-electron chi connectivity index (χ4n) is 1.94. The second kappa shape index (κ2) is 7.09. The lowest BCUT2D eigenvalue weighted by Gasteiger charge is -2.12. The maximum absolute atomic E-state index is 12.3. The summed E-state index contributed by atoms with van der Waals surface area (Å²) >= 11 is 15.1. The average molecular weight is 383 g/mol. The summed E-state index contributed by atoms with van der Waals surface area (Å²) in [5.74, 6) is -0.140. The molecule has 1 atom stereocenters. The van der Waals surface area contributed by atoms with Gasteiger partial charge in [0.15, 0.2) is 4.34 Å². The molecule has 1 heterocycles. The van der Waals surface area contributed by atoms with Crippen molar-refractivity contribution in [3.05, 3.63) is 52.5 Å². The van der Waals surface area contributed by atoms with Gasteiger partial charge in [0.1, 0.15) is 0 Å². The molecule has 1 aromatic heterocycles. The Balaban J connectivity index is 1.71. The van der Waals surface area contributed by atoms with E-state index in [1.807, 2.05) is 31.2 Å². The van der Waals surface area contributed by atoms with Gasteiger partial charge in [0.05, 0.1) is 31.2 Å². The molecule has 118 valence electrons. The molecule has 0 aliphatic rings. The first kappa shape index (κ1) is 16.6. The molecule has 0 bridgehead atoms. The van der Waals surface area contributed by atoms with E-state index < -0.39 is 0 Å². The van der Waals surface area contributed by atoms with Crippen molar-refractivity contribution in [3.8, 4) is 0 Å². The first-order chi connectivity index (χ1) is 11.0. The number of hydrogen-bond donors (Lipinski definition) is 1. The minimum absolute atomic E-state index is 0.140. The molecule has 3 rings (SSSR count). The summed E-state index contributed by atoms with van der Waals surface area (Å²) in [4.78, 5) is 16.9. The maximum Gasteiger partial charge on any atom is 0.237 e. The number of anilines is 1. The Labute approximate surface area is 152 Å². The number of thiazole rings is 1. The predicted molar refractivity (Wildman–Crippen MR) is 100 cm³/mol. The average Bonchev–Trinajstić information content (AvgIpc) is 2.93. The van der Waals surface area contributed by atoms with E-state index in [0.717, 1.165) is 14.6 Å². The fourth-order valence-corrected chi connectivity index (χ4v) is 4.50. The molecule has 0 spiro atoms. The number of carbonyl (C=O) groups is 1. The lowest BCUT2D eigenvalue weighted by atomic mass is 10.3. The van der Waals surface area contributed by atoms with E-state index in [1.54, 1.807) is 29.5 Å². The third kappa shape index (κ3) is 3.80. The van der Waals surface area contributed by atoms with E-state index in [0.29, 0.717) is 15.7 Å². The van der Waals surface area contributed by atoms with Gasteiger partial charge in [0.2, 0.25) is 5.91 Å². The molecule has 3 aromatic rings. The highest BCUT2D eigenvalue weighted by molar-refractivity contribution is 8.02. The van der Waals surface area contributed by atoms with Crippen LogP contribution in [0.25, 0.3) is 10.2 Å². The third-order valence-electron chi connectivity index (χ3n) is 3.13. The quantitative estimate of drug-likeness (QED) is 0.586. The molecule has 0 saturated carbocycles. The third-order valence-corrected chi connectivity index (χ3v) is 6.18. The number of thioether (sulfide) groups is 1. The molecule has 0 radical (unpaired) electrons. The van der Waals surface area contributed by atoms with Gasteiger partial charge in [0.25, 0.3) is 0 Å². The van der Waals surface area contributed by atoms with Gasteiger partial charge in [-0.15, -0.1) is 11.3 Å². The number of rotatable bonds is 4. The number of para-hydroxylation sites is 1. The highest BCUT2D eigenvalue weighted by Gasteiger charge is 2.18. The van der Waals surface area contributed by atoms with E-state index in [2.05, 4.69) is 10.3 Å². The van der Waals surface area contributed by atoms with Crippen LogP contribution in [-0.2, 0) is 4.79 Å². The minimum atomic E-state index is -0.300. The molecule has 1 N–H and O–H groups in total. The molecule has 2 aromatic carbocycles. The number of aromatic nitrogens is 1. The Kier molecular flexibility index (Phi) is 5.11. The summed E-state index contributed by atoms with van der Waals surface area (Å²) in [7, 11) is 0. The second-order valence-corrected chi connectivity index (χ2v) is 8.20. The first-order valence-electron chi connectivity index (χ1n) is 6.81. The van der Waals surface area contributed by atoms with E-state index in [-0.39, 0.29) is 11.2 Å². The largest absolute Gasteiger partial charge is 0.324 e. The first-order valence-corrected chi connectivity index (χ1v) is 9.27. The number of nitrogens with zero attached hydrogens (tertiary/aromatic N) is 1. The summed E-state index contributed by atoms with van der Waals surface area (Å²) in [6.45, 7) is 1.84. The van der Waals surface area contributed by atoms with Crippen LogP contribution in [-0.4, -0.2) is 16.1 Å².